The molecule has 19 heteroatoms. The van der Waals surface area contributed by atoms with Crippen LogP contribution < -0.4 is 0 Å². The largest absolute Gasteiger partial charge is 0.472 e. The van der Waals surface area contributed by atoms with Crippen molar-refractivity contribution >= 4 is 39.5 Å². The highest BCUT2D eigenvalue weighted by molar-refractivity contribution is 7.47. The molecule has 0 saturated carbocycles. The Morgan fingerprint density at radius 2 is 0.381 bits per heavy atom. The number of aliphatic hydroxyl groups excluding tert-OH is 1. The first-order valence-electron chi connectivity index (χ1n) is 44.8. The first kappa shape index (κ1) is 103. The van der Waals surface area contributed by atoms with Gasteiger partial charge in [0.25, 0.3) is 0 Å². The Labute approximate surface area is 645 Å². The summed E-state index contributed by atoms with van der Waals surface area (Å²) in [7, 11) is -9.91. The third-order valence-electron chi connectivity index (χ3n) is 20.4. The second kappa shape index (κ2) is 80.1. The van der Waals surface area contributed by atoms with E-state index >= 15 is 0 Å². The number of carbonyl (C=O) groups excluding carboxylic acids is 4. The average Bonchev–Trinajstić information content (AvgIpc) is 0.918. The van der Waals surface area contributed by atoms with Gasteiger partial charge in [0.2, 0.25) is 0 Å². The van der Waals surface area contributed by atoms with Crippen LogP contribution >= 0.6 is 15.6 Å². The third-order valence-corrected chi connectivity index (χ3v) is 22.3. The van der Waals surface area contributed by atoms with Gasteiger partial charge in [-0.2, -0.15) is 0 Å². The van der Waals surface area contributed by atoms with E-state index in [2.05, 4.69) is 27.7 Å². The second-order valence-corrected chi connectivity index (χ2v) is 33.8. The first-order chi connectivity index (χ1) is 51.2. The predicted molar refractivity (Wildman–Crippen MR) is 432 cm³/mol. The molecule has 0 aromatic heterocycles. The summed E-state index contributed by atoms with van der Waals surface area (Å²) in [5.74, 6) is -2.11. The molecule has 624 valence electrons. The Hall–Kier alpha value is -1.94. The molecule has 0 saturated heterocycles. The molecule has 0 aromatic carbocycles. The summed E-state index contributed by atoms with van der Waals surface area (Å²) in [4.78, 5) is 72.9. The fourth-order valence-electron chi connectivity index (χ4n) is 13.5. The quantitative estimate of drug-likeness (QED) is 0.0222. The van der Waals surface area contributed by atoms with Crippen molar-refractivity contribution in [1.29, 1.82) is 0 Å². The molecule has 0 bridgehead atoms. The van der Waals surface area contributed by atoms with Crippen LogP contribution in [0, 0.1) is 0 Å². The minimum atomic E-state index is -4.96. The van der Waals surface area contributed by atoms with Crippen LogP contribution in [-0.4, -0.2) is 96.7 Å². The molecule has 105 heavy (non-hydrogen) atoms. The highest BCUT2D eigenvalue weighted by Gasteiger charge is 2.30. The van der Waals surface area contributed by atoms with Gasteiger partial charge in [-0.05, 0) is 25.7 Å². The van der Waals surface area contributed by atoms with E-state index in [-0.39, 0.29) is 25.7 Å². The second-order valence-electron chi connectivity index (χ2n) is 30.9. The number of esters is 4. The van der Waals surface area contributed by atoms with E-state index in [0.717, 1.165) is 96.3 Å². The van der Waals surface area contributed by atoms with Crippen molar-refractivity contribution in [3.63, 3.8) is 0 Å². The lowest BCUT2D eigenvalue weighted by molar-refractivity contribution is -0.161. The zero-order chi connectivity index (χ0) is 76.7. The Morgan fingerprint density at radius 1 is 0.229 bits per heavy atom. The summed E-state index contributed by atoms with van der Waals surface area (Å²) in [5, 5.41) is 10.6. The zero-order valence-corrected chi connectivity index (χ0v) is 70.5. The van der Waals surface area contributed by atoms with E-state index in [4.69, 9.17) is 37.0 Å². The molecule has 0 fully saturated rings. The van der Waals surface area contributed by atoms with E-state index in [1.165, 1.54) is 295 Å². The minimum absolute atomic E-state index is 0.108. The van der Waals surface area contributed by atoms with Gasteiger partial charge in [0.05, 0.1) is 26.4 Å². The molecule has 0 aliphatic carbocycles. The normalized spacial score (nSPS) is 13.7. The maximum atomic E-state index is 13.1. The van der Waals surface area contributed by atoms with Crippen LogP contribution in [0.2, 0.25) is 0 Å². The molecule has 3 N–H and O–H groups in total. The SMILES string of the molecule is CCCCCCCCCCCCCCCCCCCCCCCCC(=O)O[C@H](COC(=O)CCCCCCCCCCCCCCCCCCCCC)COP(=O)(O)OC[C@@H](O)COP(=O)(O)OC[C@@H](COC(=O)CCCCCCC)OC(=O)CCCCCCCCCCCCCCCCCCCCC. The van der Waals surface area contributed by atoms with Crippen LogP contribution in [0.1, 0.15) is 471 Å². The molecular formula is C86H168O17P2. The van der Waals surface area contributed by atoms with Gasteiger partial charge in [-0.15, -0.1) is 0 Å². The average molecular weight is 1540 g/mol. The van der Waals surface area contributed by atoms with Gasteiger partial charge in [-0.25, -0.2) is 9.13 Å². The van der Waals surface area contributed by atoms with Crippen molar-refractivity contribution in [2.45, 2.75) is 489 Å². The van der Waals surface area contributed by atoms with Gasteiger partial charge >= 0.3 is 39.5 Å². The molecule has 0 rings (SSSR count). The molecule has 0 aliphatic rings. The lowest BCUT2D eigenvalue weighted by Crippen LogP contribution is -2.30. The third kappa shape index (κ3) is 79.9. The molecule has 0 aromatic rings. The maximum Gasteiger partial charge on any atom is 0.472 e. The van der Waals surface area contributed by atoms with Crippen LogP contribution in [0.25, 0.3) is 0 Å². The van der Waals surface area contributed by atoms with Gasteiger partial charge in [-0.3, -0.25) is 37.3 Å². The molecular weight excluding hydrogens is 1370 g/mol. The van der Waals surface area contributed by atoms with Crippen molar-refractivity contribution in [3.05, 3.63) is 0 Å². The van der Waals surface area contributed by atoms with E-state index < -0.39 is 97.5 Å². The molecule has 0 amide bonds. The van der Waals surface area contributed by atoms with Crippen LogP contribution in [0.15, 0.2) is 0 Å². The Kier molecular flexibility index (Phi) is 78.6. The molecule has 0 heterocycles. The first-order valence-corrected chi connectivity index (χ1v) is 47.8. The van der Waals surface area contributed by atoms with Crippen LogP contribution in [0.4, 0.5) is 0 Å². The Morgan fingerprint density at radius 3 is 0.562 bits per heavy atom. The molecule has 0 spiro atoms. The number of rotatable bonds is 87. The van der Waals surface area contributed by atoms with Gasteiger partial charge in [0.15, 0.2) is 12.2 Å². The summed E-state index contributed by atoms with van der Waals surface area (Å²) in [5.41, 5.74) is 0. The Bertz CT molecular complexity index is 1980. The van der Waals surface area contributed by atoms with Crippen molar-refractivity contribution in [2.24, 2.45) is 0 Å². The summed E-state index contributed by atoms with van der Waals surface area (Å²) >= 11 is 0. The van der Waals surface area contributed by atoms with Crippen LogP contribution in [0.5, 0.6) is 0 Å². The van der Waals surface area contributed by atoms with Gasteiger partial charge in [0, 0.05) is 25.7 Å². The number of hydrogen-bond acceptors (Lipinski definition) is 15. The van der Waals surface area contributed by atoms with Crippen LogP contribution in [-0.2, 0) is 65.4 Å². The zero-order valence-electron chi connectivity index (χ0n) is 68.7. The summed E-state index contributed by atoms with van der Waals surface area (Å²) in [6.07, 6.45) is 75.7. The smallest absolute Gasteiger partial charge is 0.462 e. The molecule has 5 atom stereocenters. The van der Waals surface area contributed by atoms with Crippen molar-refractivity contribution in [2.75, 3.05) is 39.6 Å². The van der Waals surface area contributed by atoms with E-state index in [1.54, 1.807) is 0 Å². The monoisotopic (exact) mass is 1540 g/mol. The number of carbonyl (C=O) groups is 4. The van der Waals surface area contributed by atoms with Gasteiger partial charge < -0.3 is 33.8 Å². The molecule has 0 aliphatic heterocycles. The Balaban J connectivity index is 5.09. The standard InChI is InChI=1S/C86H168O17P2/c1-5-9-13-17-20-23-26-29-32-35-38-39-40-43-46-49-52-55-58-61-65-69-73-86(91)103-82(77-97-84(89)71-67-63-59-56-53-50-47-44-41-36-33-30-27-24-21-18-14-10-6-2)79-101-105(94,95)99-75-80(87)74-98-104(92,93)100-78-81(76-96-83(88)70-66-62-16-12-8-4)102-85(90)72-68-64-60-57-54-51-48-45-42-37-34-31-28-25-22-19-15-11-7-3/h80-82,87H,5-79H2,1-4H3,(H,92,93)(H,94,95)/t80-,81+,82+/m0/s1. The number of phosphoric ester groups is 2. The number of phosphoric acid groups is 2. The number of ether oxygens (including phenoxy) is 4. The summed E-state index contributed by atoms with van der Waals surface area (Å²) < 4.78 is 68.6. The number of hydrogen-bond donors (Lipinski definition) is 3. The number of unbranched alkanes of at least 4 members (excludes halogenated alkanes) is 61. The topological polar surface area (TPSA) is 237 Å². The van der Waals surface area contributed by atoms with E-state index in [9.17, 15) is 43.2 Å². The maximum absolute atomic E-state index is 13.1. The van der Waals surface area contributed by atoms with Crippen molar-refractivity contribution in [3.8, 4) is 0 Å². The van der Waals surface area contributed by atoms with Gasteiger partial charge in [0.1, 0.15) is 19.3 Å². The lowest BCUT2D eigenvalue weighted by atomic mass is 10.0. The minimum Gasteiger partial charge on any atom is -0.462 e. The van der Waals surface area contributed by atoms with E-state index in [0.29, 0.717) is 25.7 Å². The molecule has 17 nitrogen and oxygen atoms in total. The fourth-order valence-corrected chi connectivity index (χ4v) is 15.1. The number of aliphatic hydroxyl groups is 1. The summed E-state index contributed by atoms with van der Waals surface area (Å²) in [6.45, 7) is 4.96. The molecule has 0 radical (unpaired) electrons. The van der Waals surface area contributed by atoms with Crippen molar-refractivity contribution in [1.82, 2.24) is 0 Å². The fraction of sp³-hybridized carbons (Fsp3) is 0.953. The highest BCUT2D eigenvalue weighted by Crippen LogP contribution is 2.45. The predicted octanol–water partition coefficient (Wildman–Crippen LogP) is 26.5. The summed E-state index contributed by atoms with van der Waals surface area (Å²) in [6, 6.07) is 0. The highest BCUT2D eigenvalue weighted by atomic mass is 31.2. The van der Waals surface area contributed by atoms with Crippen LogP contribution in [0.3, 0.4) is 0 Å². The van der Waals surface area contributed by atoms with Gasteiger partial charge in [-0.1, -0.05) is 419 Å². The lowest BCUT2D eigenvalue weighted by Gasteiger charge is -2.21. The van der Waals surface area contributed by atoms with E-state index in [1.807, 2.05) is 0 Å². The molecule has 2 unspecified atom stereocenters. The van der Waals surface area contributed by atoms with Crippen molar-refractivity contribution < 1.29 is 80.2 Å².